The predicted octanol–water partition coefficient (Wildman–Crippen LogP) is 4.24. The third-order valence-corrected chi connectivity index (χ3v) is 2.83. The van der Waals surface area contributed by atoms with Crippen molar-refractivity contribution in [1.82, 2.24) is 4.98 Å². The SMILES string of the molecule is CC(C)(C)N=C(Nc1ccccc1)Nc1nccs1.Cl. The Hall–Kier alpha value is -1.59. The highest BCUT2D eigenvalue weighted by Crippen LogP contribution is 2.14. The van der Waals surface area contributed by atoms with Gasteiger partial charge in [-0.1, -0.05) is 18.2 Å². The van der Waals surface area contributed by atoms with Gasteiger partial charge in [-0.3, -0.25) is 0 Å². The second-order valence-corrected chi connectivity index (χ2v) is 5.98. The quantitative estimate of drug-likeness (QED) is 0.644. The molecule has 0 aliphatic rings. The third-order valence-electron chi connectivity index (χ3n) is 2.14. The molecule has 0 aliphatic heterocycles. The van der Waals surface area contributed by atoms with Crippen LogP contribution in [0.1, 0.15) is 20.8 Å². The molecule has 2 aromatic rings. The van der Waals surface area contributed by atoms with Gasteiger partial charge in [0.05, 0.1) is 5.54 Å². The Morgan fingerprint density at radius 3 is 2.40 bits per heavy atom. The fraction of sp³-hybridized carbons (Fsp3) is 0.286. The van der Waals surface area contributed by atoms with Crippen molar-refractivity contribution < 1.29 is 0 Å². The van der Waals surface area contributed by atoms with E-state index in [4.69, 9.17) is 0 Å². The molecule has 1 aromatic heterocycles. The van der Waals surface area contributed by atoms with Crippen LogP contribution < -0.4 is 10.6 Å². The molecule has 0 atom stereocenters. The van der Waals surface area contributed by atoms with Crippen molar-refractivity contribution in [2.45, 2.75) is 26.3 Å². The van der Waals surface area contributed by atoms with Gasteiger partial charge >= 0.3 is 0 Å². The number of aliphatic imine (C=N–C) groups is 1. The minimum Gasteiger partial charge on any atom is -0.326 e. The molecule has 0 aliphatic carbocycles. The summed E-state index contributed by atoms with van der Waals surface area (Å²) in [7, 11) is 0. The van der Waals surface area contributed by atoms with E-state index < -0.39 is 0 Å². The average molecular weight is 311 g/mol. The minimum atomic E-state index is -0.165. The maximum absolute atomic E-state index is 4.64. The van der Waals surface area contributed by atoms with Crippen LogP contribution in [-0.2, 0) is 0 Å². The van der Waals surface area contributed by atoms with Crippen LogP contribution in [0, 0.1) is 0 Å². The fourth-order valence-electron chi connectivity index (χ4n) is 1.47. The first-order valence-corrected chi connectivity index (χ1v) is 6.99. The van der Waals surface area contributed by atoms with E-state index >= 15 is 0 Å². The van der Waals surface area contributed by atoms with E-state index in [9.17, 15) is 0 Å². The van der Waals surface area contributed by atoms with E-state index in [1.54, 1.807) is 17.5 Å². The van der Waals surface area contributed by atoms with Crippen molar-refractivity contribution >= 4 is 40.5 Å². The standard InChI is InChI=1S/C14H18N4S.ClH/c1-14(2,3)18-12(17-13-15-9-10-19-13)16-11-7-5-4-6-8-11;/h4-10H,1-3H3,(H2,15,16,17,18);1H. The topological polar surface area (TPSA) is 49.3 Å². The predicted molar refractivity (Wildman–Crippen MR) is 90.2 cm³/mol. The molecule has 108 valence electrons. The molecule has 20 heavy (non-hydrogen) atoms. The zero-order valence-corrected chi connectivity index (χ0v) is 13.4. The van der Waals surface area contributed by atoms with Crippen LogP contribution in [0.5, 0.6) is 0 Å². The van der Waals surface area contributed by atoms with Crippen LogP contribution in [0.2, 0.25) is 0 Å². The summed E-state index contributed by atoms with van der Waals surface area (Å²) < 4.78 is 0. The summed E-state index contributed by atoms with van der Waals surface area (Å²) in [4.78, 5) is 8.85. The molecular weight excluding hydrogens is 292 g/mol. The third kappa shape index (κ3) is 5.59. The lowest BCUT2D eigenvalue weighted by atomic mass is 10.1. The number of hydrogen-bond donors (Lipinski definition) is 2. The van der Waals surface area contributed by atoms with Gasteiger partial charge in [0.25, 0.3) is 0 Å². The average Bonchev–Trinajstić information content (AvgIpc) is 2.81. The summed E-state index contributed by atoms with van der Waals surface area (Å²) in [6, 6.07) is 9.96. The Kier molecular flexibility index (Phi) is 5.98. The van der Waals surface area contributed by atoms with Gasteiger partial charge in [0.1, 0.15) is 0 Å². The molecule has 4 nitrogen and oxygen atoms in total. The van der Waals surface area contributed by atoms with Gasteiger partial charge in [-0.15, -0.1) is 23.7 Å². The molecule has 0 spiro atoms. The number of rotatable bonds is 2. The van der Waals surface area contributed by atoms with Crippen LogP contribution in [0.15, 0.2) is 46.9 Å². The number of nitrogens with one attached hydrogen (secondary N) is 2. The van der Waals surface area contributed by atoms with Crippen LogP contribution in [0.25, 0.3) is 0 Å². The van der Waals surface area contributed by atoms with Crippen molar-refractivity contribution in [2.75, 3.05) is 10.6 Å². The van der Waals surface area contributed by atoms with E-state index in [2.05, 4.69) is 41.4 Å². The lowest BCUT2D eigenvalue weighted by Crippen LogP contribution is -2.26. The fourth-order valence-corrected chi connectivity index (χ4v) is 2.00. The van der Waals surface area contributed by atoms with Crippen molar-refractivity contribution in [2.24, 2.45) is 4.99 Å². The molecule has 0 saturated carbocycles. The van der Waals surface area contributed by atoms with Crippen molar-refractivity contribution in [3.05, 3.63) is 41.9 Å². The highest BCUT2D eigenvalue weighted by atomic mass is 35.5. The molecule has 0 unspecified atom stereocenters. The second kappa shape index (κ2) is 7.26. The van der Waals surface area contributed by atoms with Crippen molar-refractivity contribution in [1.29, 1.82) is 0 Å². The molecule has 2 rings (SSSR count). The molecule has 1 aromatic carbocycles. The summed E-state index contributed by atoms with van der Waals surface area (Å²) in [6.07, 6.45) is 1.77. The highest BCUT2D eigenvalue weighted by molar-refractivity contribution is 7.13. The Bertz CT molecular complexity index is 532. The summed E-state index contributed by atoms with van der Waals surface area (Å²) in [5.41, 5.74) is 0.830. The van der Waals surface area contributed by atoms with Gasteiger partial charge in [0.15, 0.2) is 5.13 Å². The summed E-state index contributed by atoms with van der Waals surface area (Å²) >= 11 is 1.54. The number of hydrogen-bond acceptors (Lipinski definition) is 3. The van der Waals surface area contributed by atoms with E-state index in [1.165, 1.54) is 0 Å². The molecule has 2 N–H and O–H groups in total. The van der Waals surface area contributed by atoms with E-state index in [-0.39, 0.29) is 17.9 Å². The molecular formula is C14H19ClN4S. The van der Waals surface area contributed by atoms with Gasteiger partial charge in [-0.2, -0.15) is 0 Å². The Labute approximate surface area is 129 Å². The van der Waals surface area contributed by atoms with Gasteiger partial charge in [0, 0.05) is 17.3 Å². The maximum Gasteiger partial charge on any atom is 0.202 e. The number of aromatic nitrogens is 1. The van der Waals surface area contributed by atoms with Gasteiger partial charge in [0.2, 0.25) is 5.96 Å². The monoisotopic (exact) mass is 310 g/mol. The zero-order chi connectivity index (χ0) is 13.7. The summed E-state index contributed by atoms with van der Waals surface area (Å²) in [5.74, 6) is 0.702. The number of guanidine groups is 1. The molecule has 0 fully saturated rings. The van der Waals surface area contributed by atoms with Gasteiger partial charge < -0.3 is 10.6 Å². The lowest BCUT2D eigenvalue weighted by molar-refractivity contribution is 0.583. The van der Waals surface area contributed by atoms with E-state index in [0.717, 1.165) is 10.8 Å². The highest BCUT2D eigenvalue weighted by Gasteiger charge is 2.11. The Morgan fingerprint density at radius 1 is 1.15 bits per heavy atom. The summed E-state index contributed by atoms with van der Waals surface area (Å²) in [6.45, 7) is 6.18. The number of para-hydroxylation sites is 1. The van der Waals surface area contributed by atoms with Gasteiger partial charge in [-0.05, 0) is 32.9 Å². The first-order valence-electron chi connectivity index (χ1n) is 6.11. The smallest absolute Gasteiger partial charge is 0.202 e. The van der Waals surface area contributed by atoms with Crippen LogP contribution in [0.3, 0.4) is 0 Å². The zero-order valence-electron chi connectivity index (χ0n) is 11.8. The second-order valence-electron chi connectivity index (χ2n) is 5.08. The molecule has 1 heterocycles. The normalized spacial score (nSPS) is 11.7. The largest absolute Gasteiger partial charge is 0.326 e. The van der Waals surface area contributed by atoms with E-state index in [0.29, 0.717) is 5.96 Å². The minimum absolute atomic E-state index is 0. The van der Waals surface area contributed by atoms with E-state index in [1.807, 2.05) is 35.7 Å². The molecule has 0 saturated heterocycles. The molecule has 6 heteroatoms. The number of halogens is 1. The Morgan fingerprint density at radius 2 is 1.85 bits per heavy atom. The number of thiazole rings is 1. The number of nitrogens with zero attached hydrogens (tertiary/aromatic N) is 2. The number of benzene rings is 1. The maximum atomic E-state index is 4.64. The van der Waals surface area contributed by atoms with Crippen LogP contribution in [0.4, 0.5) is 10.8 Å². The van der Waals surface area contributed by atoms with Crippen LogP contribution >= 0.6 is 23.7 Å². The Balaban J connectivity index is 0.00000200. The first kappa shape index (κ1) is 16.5. The molecule has 0 bridgehead atoms. The molecule has 0 amide bonds. The lowest BCUT2D eigenvalue weighted by Gasteiger charge is -2.17. The number of anilines is 2. The first-order chi connectivity index (χ1) is 9.03. The molecule has 0 radical (unpaired) electrons. The summed E-state index contributed by atoms with van der Waals surface area (Å²) in [5, 5.41) is 9.25. The van der Waals surface area contributed by atoms with Crippen molar-refractivity contribution in [3.8, 4) is 0 Å². The van der Waals surface area contributed by atoms with Crippen LogP contribution in [-0.4, -0.2) is 16.5 Å². The van der Waals surface area contributed by atoms with Crippen molar-refractivity contribution in [3.63, 3.8) is 0 Å². The van der Waals surface area contributed by atoms with Gasteiger partial charge in [-0.25, -0.2) is 9.98 Å².